The number of rotatable bonds is 9. The first-order chi connectivity index (χ1) is 11.0. The zero-order chi connectivity index (χ0) is 16.5. The predicted octanol–water partition coefficient (Wildman–Crippen LogP) is 4.15. The Morgan fingerprint density at radius 2 is 2.17 bits per heavy atom. The van der Waals surface area contributed by atoms with E-state index in [0.717, 1.165) is 32.3 Å². The maximum absolute atomic E-state index is 11.4. The van der Waals surface area contributed by atoms with Gasteiger partial charge in [-0.15, -0.1) is 0 Å². The third kappa shape index (κ3) is 2.96. The number of hydrogen-bond acceptors (Lipinski definition) is 3. The van der Waals surface area contributed by atoms with Gasteiger partial charge in [0.15, 0.2) is 6.29 Å². The number of carboxylic acid groups (broad SMARTS) is 1. The molecule has 0 aromatic carbocycles. The number of fused-ring (bicyclic) bond motifs is 1. The van der Waals surface area contributed by atoms with Crippen molar-refractivity contribution in [3.8, 4) is 0 Å². The number of allylic oxidation sites excluding steroid dienone is 1. The number of unbranched alkanes of at least 4 members (excludes halogenated alkanes) is 1. The summed E-state index contributed by atoms with van der Waals surface area (Å²) in [7, 11) is 0. The lowest BCUT2D eigenvalue weighted by atomic mass is 9.70. The van der Waals surface area contributed by atoms with E-state index in [1.54, 1.807) is 0 Å². The quantitative estimate of drug-likeness (QED) is 0.648. The SMILES string of the molecule is CCCCC(C)C12C=CC1(C(CC(=O)O)OC1CCCCO1)C2. The highest BCUT2D eigenvalue weighted by molar-refractivity contribution is 5.68. The zero-order valence-corrected chi connectivity index (χ0v) is 14.4. The molecule has 5 atom stereocenters. The second kappa shape index (κ2) is 6.56. The smallest absolute Gasteiger partial charge is 0.306 e. The molecule has 23 heavy (non-hydrogen) atoms. The van der Waals surface area contributed by atoms with Gasteiger partial charge in [-0.3, -0.25) is 4.79 Å². The number of hydrogen-bond donors (Lipinski definition) is 1. The Morgan fingerprint density at radius 3 is 2.74 bits per heavy atom. The molecule has 4 heteroatoms. The van der Waals surface area contributed by atoms with Gasteiger partial charge in [0.2, 0.25) is 0 Å². The highest BCUT2D eigenvalue weighted by atomic mass is 16.7. The van der Waals surface area contributed by atoms with Crippen LogP contribution in [0.5, 0.6) is 0 Å². The Bertz CT molecular complexity index is 468. The van der Waals surface area contributed by atoms with Crippen molar-refractivity contribution in [3.05, 3.63) is 12.2 Å². The summed E-state index contributed by atoms with van der Waals surface area (Å²) in [5, 5.41) is 9.33. The van der Waals surface area contributed by atoms with Gasteiger partial charge in [0.25, 0.3) is 0 Å². The number of carboxylic acids is 1. The Hall–Kier alpha value is -0.870. The molecule has 4 nitrogen and oxygen atoms in total. The molecule has 5 unspecified atom stereocenters. The summed E-state index contributed by atoms with van der Waals surface area (Å²) in [6.07, 6.45) is 11.9. The van der Waals surface area contributed by atoms with Crippen molar-refractivity contribution >= 4 is 5.97 Å². The molecule has 3 rings (SSSR count). The van der Waals surface area contributed by atoms with Crippen molar-refractivity contribution in [2.45, 2.75) is 77.6 Å². The largest absolute Gasteiger partial charge is 0.481 e. The summed E-state index contributed by atoms with van der Waals surface area (Å²) in [4.78, 5) is 11.4. The molecule has 3 aliphatic rings. The van der Waals surface area contributed by atoms with E-state index in [2.05, 4.69) is 26.0 Å². The highest BCUT2D eigenvalue weighted by Crippen LogP contribution is 2.78. The van der Waals surface area contributed by atoms with E-state index in [-0.39, 0.29) is 29.6 Å². The summed E-state index contributed by atoms with van der Waals surface area (Å²) >= 11 is 0. The fourth-order valence-corrected chi connectivity index (χ4v) is 4.67. The second-order valence-corrected chi connectivity index (χ2v) is 7.65. The first kappa shape index (κ1) is 17.0. The Kier molecular flexibility index (Phi) is 4.84. The Labute approximate surface area is 139 Å². The van der Waals surface area contributed by atoms with Crippen LogP contribution in [-0.4, -0.2) is 30.1 Å². The summed E-state index contributed by atoms with van der Waals surface area (Å²) in [6.45, 7) is 5.26. The third-order valence-electron chi connectivity index (χ3n) is 6.26. The molecule has 0 radical (unpaired) electrons. The van der Waals surface area contributed by atoms with Crippen LogP contribution in [0, 0.1) is 16.7 Å². The van der Waals surface area contributed by atoms with E-state index < -0.39 is 5.97 Å². The van der Waals surface area contributed by atoms with E-state index >= 15 is 0 Å². The van der Waals surface area contributed by atoms with Gasteiger partial charge in [0, 0.05) is 17.4 Å². The van der Waals surface area contributed by atoms with Gasteiger partial charge in [0.05, 0.1) is 12.5 Å². The van der Waals surface area contributed by atoms with Crippen LogP contribution in [0.2, 0.25) is 0 Å². The molecule has 0 bridgehead atoms. The van der Waals surface area contributed by atoms with Gasteiger partial charge in [-0.2, -0.15) is 0 Å². The molecule has 1 heterocycles. The summed E-state index contributed by atoms with van der Waals surface area (Å²) < 4.78 is 11.9. The van der Waals surface area contributed by atoms with Crippen molar-refractivity contribution in [2.24, 2.45) is 16.7 Å². The highest BCUT2D eigenvalue weighted by Gasteiger charge is 2.75. The number of ether oxygens (including phenoxy) is 2. The van der Waals surface area contributed by atoms with Crippen LogP contribution in [0.3, 0.4) is 0 Å². The van der Waals surface area contributed by atoms with E-state index in [4.69, 9.17) is 9.47 Å². The predicted molar refractivity (Wildman–Crippen MR) is 88.0 cm³/mol. The molecule has 1 saturated heterocycles. The van der Waals surface area contributed by atoms with Crippen LogP contribution in [0.25, 0.3) is 0 Å². The molecule has 1 N–H and O–H groups in total. The average molecular weight is 322 g/mol. The van der Waals surface area contributed by atoms with Gasteiger partial charge < -0.3 is 14.6 Å². The van der Waals surface area contributed by atoms with Crippen molar-refractivity contribution in [1.29, 1.82) is 0 Å². The molecule has 0 aromatic rings. The standard InChI is InChI=1S/C19H30O4/c1-3-4-7-14(2)18-9-10-19(18,13-18)15(12-16(20)21)23-17-8-5-6-11-22-17/h9-10,14-15,17H,3-8,11-13H2,1-2H3,(H,20,21). The maximum atomic E-state index is 11.4. The summed E-state index contributed by atoms with van der Waals surface area (Å²) in [5.41, 5.74) is 0.121. The minimum atomic E-state index is -0.775. The summed E-state index contributed by atoms with van der Waals surface area (Å²) in [5.74, 6) is -0.179. The Balaban J connectivity index is 1.68. The fraction of sp³-hybridized carbons (Fsp3) is 0.842. The average Bonchev–Trinajstić information content (AvgIpc) is 3.02. The minimum Gasteiger partial charge on any atom is -0.481 e. The maximum Gasteiger partial charge on any atom is 0.306 e. The molecule has 1 aliphatic heterocycles. The van der Waals surface area contributed by atoms with Gasteiger partial charge in [0.1, 0.15) is 0 Å². The van der Waals surface area contributed by atoms with Crippen molar-refractivity contribution < 1.29 is 19.4 Å². The van der Waals surface area contributed by atoms with Crippen molar-refractivity contribution in [1.82, 2.24) is 0 Å². The van der Waals surface area contributed by atoms with Crippen LogP contribution in [0.1, 0.15) is 65.2 Å². The minimum absolute atomic E-state index is 0.0562. The molecule has 2 fully saturated rings. The molecule has 130 valence electrons. The lowest BCUT2D eigenvalue weighted by Crippen LogP contribution is -2.41. The monoisotopic (exact) mass is 322 g/mol. The molecule has 1 saturated carbocycles. The lowest BCUT2D eigenvalue weighted by Gasteiger charge is -2.40. The topological polar surface area (TPSA) is 55.8 Å². The van der Waals surface area contributed by atoms with Crippen LogP contribution in [0.15, 0.2) is 12.2 Å². The number of aliphatic carboxylic acids is 1. The van der Waals surface area contributed by atoms with Gasteiger partial charge >= 0.3 is 5.97 Å². The molecule has 0 amide bonds. The first-order valence-electron chi connectivity index (χ1n) is 9.23. The van der Waals surface area contributed by atoms with E-state index in [1.165, 1.54) is 19.3 Å². The fourth-order valence-electron chi connectivity index (χ4n) is 4.67. The lowest BCUT2D eigenvalue weighted by molar-refractivity contribution is -0.205. The van der Waals surface area contributed by atoms with Gasteiger partial charge in [-0.25, -0.2) is 0 Å². The van der Waals surface area contributed by atoms with E-state index in [9.17, 15) is 9.90 Å². The van der Waals surface area contributed by atoms with Crippen LogP contribution in [0.4, 0.5) is 0 Å². The Morgan fingerprint density at radius 1 is 1.39 bits per heavy atom. The van der Waals surface area contributed by atoms with Crippen molar-refractivity contribution in [2.75, 3.05) is 6.61 Å². The normalized spacial score (nSPS) is 37.6. The van der Waals surface area contributed by atoms with E-state index in [1.807, 2.05) is 0 Å². The van der Waals surface area contributed by atoms with Crippen LogP contribution >= 0.6 is 0 Å². The molecular weight excluding hydrogens is 292 g/mol. The van der Waals surface area contributed by atoms with E-state index in [0.29, 0.717) is 5.92 Å². The molecule has 2 aliphatic carbocycles. The zero-order valence-electron chi connectivity index (χ0n) is 14.4. The molecule has 0 aromatic heterocycles. The third-order valence-corrected chi connectivity index (χ3v) is 6.26. The van der Waals surface area contributed by atoms with Gasteiger partial charge in [-0.05, 0) is 38.0 Å². The van der Waals surface area contributed by atoms with Crippen LogP contribution in [-0.2, 0) is 14.3 Å². The van der Waals surface area contributed by atoms with Gasteiger partial charge in [-0.1, -0.05) is 38.8 Å². The number of carbonyl (C=O) groups is 1. The first-order valence-corrected chi connectivity index (χ1v) is 9.23. The molecular formula is C19H30O4. The van der Waals surface area contributed by atoms with Crippen LogP contribution < -0.4 is 0 Å². The second-order valence-electron chi connectivity index (χ2n) is 7.65. The summed E-state index contributed by atoms with van der Waals surface area (Å²) in [6, 6.07) is 0. The molecule has 0 spiro atoms. The van der Waals surface area contributed by atoms with Crippen molar-refractivity contribution in [3.63, 3.8) is 0 Å².